The van der Waals surface area contributed by atoms with Gasteiger partial charge in [0.2, 0.25) is 0 Å². The van der Waals surface area contributed by atoms with Crippen molar-refractivity contribution in [3.05, 3.63) is 23.3 Å². The van der Waals surface area contributed by atoms with Crippen LogP contribution >= 0.6 is 0 Å². The van der Waals surface area contributed by atoms with E-state index in [2.05, 4.69) is 5.32 Å². The molecule has 108 valence electrons. The number of alkyl halides is 3. The molecular formula is C13H20F3N3. The van der Waals surface area contributed by atoms with E-state index in [-0.39, 0.29) is 11.3 Å². The number of halogens is 3. The van der Waals surface area contributed by atoms with Crippen LogP contribution in [0.5, 0.6) is 0 Å². The Morgan fingerprint density at radius 2 is 1.89 bits per heavy atom. The molecular weight excluding hydrogens is 255 g/mol. The normalized spacial score (nSPS) is 11.9. The summed E-state index contributed by atoms with van der Waals surface area (Å²) in [6.45, 7) is 0.723. The third-order valence-electron chi connectivity index (χ3n) is 2.96. The molecule has 1 rings (SSSR count). The van der Waals surface area contributed by atoms with Crippen LogP contribution in [0.4, 0.5) is 24.5 Å². The number of hydrogen-bond acceptors (Lipinski definition) is 3. The Labute approximate surface area is 111 Å². The average molecular weight is 275 g/mol. The van der Waals surface area contributed by atoms with Gasteiger partial charge >= 0.3 is 6.18 Å². The summed E-state index contributed by atoms with van der Waals surface area (Å²) in [6, 6.07) is 2.46. The first-order valence-corrected chi connectivity index (χ1v) is 6.08. The smallest absolute Gasteiger partial charge is 0.397 e. The first-order chi connectivity index (χ1) is 8.77. The van der Waals surface area contributed by atoms with E-state index in [1.165, 1.54) is 6.07 Å². The Morgan fingerprint density at radius 3 is 2.37 bits per heavy atom. The fourth-order valence-corrected chi connectivity index (χ4v) is 1.99. The highest BCUT2D eigenvalue weighted by atomic mass is 19.4. The standard InChI is InChI=1S/C13H20F3N3/c1-18-11-7-6-10(13(14,15)16)9(12(11)17)5-4-8-19(2)3/h6-7,18H,4-5,8,17H2,1-3H3. The van der Waals surface area contributed by atoms with E-state index in [0.717, 1.165) is 12.6 Å². The number of anilines is 2. The minimum atomic E-state index is -4.37. The summed E-state index contributed by atoms with van der Waals surface area (Å²) in [6.07, 6.45) is -3.42. The zero-order chi connectivity index (χ0) is 14.6. The van der Waals surface area contributed by atoms with E-state index in [1.807, 2.05) is 19.0 Å². The van der Waals surface area contributed by atoms with Crippen molar-refractivity contribution in [1.82, 2.24) is 4.90 Å². The largest absolute Gasteiger partial charge is 0.416 e. The lowest BCUT2D eigenvalue weighted by Gasteiger charge is -2.18. The maximum absolute atomic E-state index is 13.0. The number of nitrogen functional groups attached to an aromatic ring is 1. The molecule has 0 aliphatic heterocycles. The van der Waals surface area contributed by atoms with Gasteiger partial charge in [0.25, 0.3) is 0 Å². The lowest BCUT2D eigenvalue weighted by molar-refractivity contribution is -0.138. The average Bonchev–Trinajstić information content (AvgIpc) is 2.29. The zero-order valence-corrected chi connectivity index (χ0v) is 11.4. The maximum atomic E-state index is 13.0. The van der Waals surface area contributed by atoms with Crippen molar-refractivity contribution in [1.29, 1.82) is 0 Å². The van der Waals surface area contributed by atoms with Crippen molar-refractivity contribution >= 4 is 11.4 Å². The Bertz CT molecular complexity index is 428. The molecule has 0 amide bonds. The van der Waals surface area contributed by atoms with Crippen LogP contribution in [0.25, 0.3) is 0 Å². The molecule has 0 radical (unpaired) electrons. The first-order valence-electron chi connectivity index (χ1n) is 6.08. The molecule has 6 heteroatoms. The molecule has 0 aromatic heterocycles. The number of rotatable bonds is 5. The third-order valence-corrected chi connectivity index (χ3v) is 2.96. The molecule has 0 unspecified atom stereocenters. The summed E-state index contributed by atoms with van der Waals surface area (Å²) in [5, 5.41) is 2.81. The Morgan fingerprint density at radius 1 is 1.26 bits per heavy atom. The second-order valence-electron chi connectivity index (χ2n) is 4.71. The highest BCUT2D eigenvalue weighted by Gasteiger charge is 2.34. The van der Waals surface area contributed by atoms with Gasteiger partial charge in [-0.25, -0.2) is 0 Å². The van der Waals surface area contributed by atoms with Gasteiger partial charge in [-0.15, -0.1) is 0 Å². The molecule has 1 aromatic carbocycles. The van der Waals surface area contributed by atoms with E-state index in [9.17, 15) is 13.2 Å². The Kier molecular flexibility index (Phi) is 5.05. The minimum absolute atomic E-state index is 0.182. The lowest BCUT2D eigenvalue weighted by atomic mass is 9.99. The Hall–Kier alpha value is -1.43. The van der Waals surface area contributed by atoms with Gasteiger partial charge in [-0.3, -0.25) is 0 Å². The van der Waals surface area contributed by atoms with Gasteiger partial charge in [0.05, 0.1) is 16.9 Å². The zero-order valence-electron chi connectivity index (χ0n) is 11.4. The molecule has 0 fully saturated rings. The third kappa shape index (κ3) is 4.02. The summed E-state index contributed by atoms with van der Waals surface area (Å²) >= 11 is 0. The molecule has 0 heterocycles. The number of nitrogens with zero attached hydrogens (tertiary/aromatic N) is 1. The molecule has 0 aliphatic rings. The van der Waals surface area contributed by atoms with Crippen molar-refractivity contribution in [3.8, 4) is 0 Å². The molecule has 0 saturated carbocycles. The van der Waals surface area contributed by atoms with Crippen molar-refractivity contribution < 1.29 is 13.2 Å². The fraction of sp³-hybridized carbons (Fsp3) is 0.538. The van der Waals surface area contributed by atoms with Crippen LogP contribution in [0.1, 0.15) is 17.5 Å². The van der Waals surface area contributed by atoms with Crippen LogP contribution in [0.3, 0.4) is 0 Å². The van der Waals surface area contributed by atoms with E-state index in [1.54, 1.807) is 7.05 Å². The molecule has 19 heavy (non-hydrogen) atoms. The molecule has 0 atom stereocenters. The van der Waals surface area contributed by atoms with Crippen LogP contribution < -0.4 is 11.1 Å². The fourth-order valence-electron chi connectivity index (χ4n) is 1.99. The van der Waals surface area contributed by atoms with Gasteiger partial charge in [0.15, 0.2) is 0 Å². The predicted octanol–water partition coefficient (Wildman–Crippen LogP) is 2.82. The van der Waals surface area contributed by atoms with E-state index < -0.39 is 11.7 Å². The minimum Gasteiger partial charge on any atom is -0.397 e. The summed E-state index contributed by atoms with van der Waals surface area (Å²) < 4.78 is 38.9. The number of hydrogen-bond donors (Lipinski definition) is 2. The molecule has 3 nitrogen and oxygen atoms in total. The van der Waals surface area contributed by atoms with Crippen molar-refractivity contribution in [3.63, 3.8) is 0 Å². The second-order valence-corrected chi connectivity index (χ2v) is 4.71. The van der Waals surface area contributed by atoms with Gasteiger partial charge in [-0.1, -0.05) is 0 Å². The summed E-state index contributed by atoms with van der Waals surface area (Å²) in [5.74, 6) is 0. The molecule has 0 bridgehead atoms. The van der Waals surface area contributed by atoms with Crippen LogP contribution in [-0.4, -0.2) is 32.6 Å². The maximum Gasteiger partial charge on any atom is 0.416 e. The van der Waals surface area contributed by atoms with Gasteiger partial charge in [-0.2, -0.15) is 13.2 Å². The van der Waals surface area contributed by atoms with Gasteiger partial charge < -0.3 is 16.0 Å². The SMILES string of the molecule is CNc1ccc(C(F)(F)F)c(CCCN(C)C)c1N. The first kappa shape index (κ1) is 15.6. The number of nitrogens with two attached hydrogens (primary N) is 1. The predicted molar refractivity (Wildman–Crippen MR) is 72.3 cm³/mol. The van der Waals surface area contributed by atoms with Crippen LogP contribution in [0, 0.1) is 0 Å². The van der Waals surface area contributed by atoms with E-state index in [0.29, 0.717) is 18.5 Å². The highest BCUT2D eigenvalue weighted by molar-refractivity contribution is 5.71. The quantitative estimate of drug-likeness (QED) is 0.812. The molecule has 1 aromatic rings. The van der Waals surface area contributed by atoms with Gasteiger partial charge in [-0.05, 0) is 51.2 Å². The second kappa shape index (κ2) is 6.14. The van der Waals surface area contributed by atoms with Crippen molar-refractivity contribution in [2.45, 2.75) is 19.0 Å². The van der Waals surface area contributed by atoms with Crippen LogP contribution in [0.15, 0.2) is 12.1 Å². The van der Waals surface area contributed by atoms with Gasteiger partial charge in [0.1, 0.15) is 0 Å². The highest BCUT2D eigenvalue weighted by Crippen LogP contribution is 2.37. The van der Waals surface area contributed by atoms with Gasteiger partial charge in [0, 0.05) is 7.05 Å². The van der Waals surface area contributed by atoms with Crippen LogP contribution in [-0.2, 0) is 12.6 Å². The number of benzene rings is 1. The molecule has 0 aliphatic carbocycles. The Balaban J connectivity index is 3.08. The topological polar surface area (TPSA) is 41.3 Å². The summed E-state index contributed by atoms with van der Waals surface area (Å²) in [4.78, 5) is 1.94. The monoisotopic (exact) mass is 275 g/mol. The van der Waals surface area contributed by atoms with E-state index >= 15 is 0 Å². The van der Waals surface area contributed by atoms with E-state index in [4.69, 9.17) is 5.73 Å². The van der Waals surface area contributed by atoms with Crippen molar-refractivity contribution in [2.24, 2.45) is 0 Å². The molecule has 3 N–H and O–H groups in total. The summed E-state index contributed by atoms with van der Waals surface area (Å²) in [5.41, 5.74) is 6.10. The molecule has 0 saturated heterocycles. The number of nitrogens with one attached hydrogen (secondary N) is 1. The van der Waals surface area contributed by atoms with Crippen LogP contribution in [0.2, 0.25) is 0 Å². The van der Waals surface area contributed by atoms with Crippen molar-refractivity contribution in [2.75, 3.05) is 38.7 Å². The lowest BCUT2D eigenvalue weighted by Crippen LogP contribution is -2.16. The summed E-state index contributed by atoms with van der Waals surface area (Å²) in [7, 11) is 5.42. The molecule has 0 spiro atoms.